The van der Waals surface area contributed by atoms with E-state index in [1.54, 1.807) is 18.2 Å². The minimum absolute atomic E-state index is 0.0834. The molecule has 2 saturated heterocycles. The second kappa shape index (κ2) is 9.58. The highest BCUT2D eigenvalue weighted by molar-refractivity contribution is 6.07. The lowest BCUT2D eigenvalue weighted by molar-refractivity contribution is -0.136. The first-order chi connectivity index (χ1) is 15.1. The highest BCUT2D eigenvalue weighted by Gasteiger charge is 2.57. The Morgan fingerprint density at radius 1 is 1.00 bits per heavy atom. The van der Waals surface area contributed by atoms with E-state index in [1.165, 1.54) is 10.5 Å². The number of pyridine rings is 1. The van der Waals surface area contributed by atoms with E-state index in [0.29, 0.717) is 32.4 Å². The van der Waals surface area contributed by atoms with Gasteiger partial charge in [-0.2, -0.15) is 0 Å². The molecule has 2 fully saturated rings. The highest BCUT2D eigenvalue weighted by Crippen LogP contribution is 2.38. The van der Waals surface area contributed by atoms with E-state index in [0.717, 1.165) is 25.3 Å². The fourth-order valence-corrected chi connectivity index (χ4v) is 4.66. The Bertz CT molecular complexity index is 882. The second-order valence-electron chi connectivity index (χ2n) is 8.29. The summed E-state index contributed by atoms with van der Waals surface area (Å²) >= 11 is 0. The first-order valence-electron chi connectivity index (χ1n) is 10.9. The van der Waals surface area contributed by atoms with Crippen LogP contribution in [0.2, 0.25) is 0 Å². The molecular weight excluding hydrogens is 392 g/mol. The number of hydrogen-bond donors (Lipinski definition) is 0. The zero-order valence-corrected chi connectivity index (χ0v) is 18.1. The van der Waals surface area contributed by atoms with Crippen LogP contribution in [0.15, 0.2) is 54.7 Å². The van der Waals surface area contributed by atoms with Gasteiger partial charge in [0.1, 0.15) is 5.54 Å². The SMILES string of the molecule is COCCCN1C(=O)N(Cc2ccccn2)C(=O)C12CCN(Cc1ccccc1)CC2. The maximum atomic E-state index is 13.6. The van der Waals surface area contributed by atoms with Crippen molar-refractivity contribution in [3.8, 4) is 0 Å². The predicted octanol–water partition coefficient (Wildman–Crippen LogP) is 2.92. The van der Waals surface area contributed by atoms with Crippen LogP contribution >= 0.6 is 0 Å². The van der Waals surface area contributed by atoms with Gasteiger partial charge in [-0.05, 0) is 37.0 Å². The Hall–Kier alpha value is -2.77. The molecule has 0 atom stereocenters. The predicted molar refractivity (Wildman–Crippen MR) is 117 cm³/mol. The van der Waals surface area contributed by atoms with Crippen LogP contribution in [0.3, 0.4) is 0 Å². The lowest BCUT2D eigenvalue weighted by atomic mass is 9.85. The summed E-state index contributed by atoms with van der Waals surface area (Å²) in [5, 5.41) is 0. The van der Waals surface area contributed by atoms with Gasteiger partial charge in [-0.25, -0.2) is 4.79 Å². The Morgan fingerprint density at radius 3 is 2.42 bits per heavy atom. The monoisotopic (exact) mass is 422 g/mol. The molecule has 0 bridgehead atoms. The minimum Gasteiger partial charge on any atom is -0.385 e. The van der Waals surface area contributed by atoms with Gasteiger partial charge in [0, 0.05) is 46.1 Å². The van der Waals surface area contributed by atoms with Gasteiger partial charge in [0.15, 0.2) is 0 Å². The van der Waals surface area contributed by atoms with Crippen LogP contribution in [0.4, 0.5) is 4.79 Å². The lowest BCUT2D eigenvalue weighted by Crippen LogP contribution is -2.56. The topological polar surface area (TPSA) is 66.0 Å². The number of rotatable bonds is 8. The van der Waals surface area contributed by atoms with Gasteiger partial charge < -0.3 is 9.64 Å². The summed E-state index contributed by atoms with van der Waals surface area (Å²) in [7, 11) is 1.65. The molecule has 0 aliphatic carbocycles. The Morgan fingerprint density at radius 2 is 1.74 bits per heavy atom. The van der Waals surface area contributed by atoms with Crippen LogP contribution in [-0.4, -0.2) is 70.5 Å². The third kappa shape index (κ3) is 4.48. The van der Waals surface area contributed by atoms with Gasteiger partial charge in [-0.1, -0.05) is 36.4 Å². The maximum Gasteiger partial charge on any atom is 0.328 e. The molecule has 2 aliphatic heterocycles. The van der Waals surface area contributed by atoms with Crippen molar-refractivity contribution < 1.29 is 14.3 Å². The molecule has 2 aromatic rings. The third-order valence-corrected chi connectivity index (χ3v) is 6.33. The van der Waals surface area contributed by atoms with Crippen molar-refractivity contribution in [1.82, 2.24) is 19.7 Å². The molecule has 7 heteroatoms. The van der Waals surface area contributed by atoms with Gasteiger partial charge in [-0.3, -0.25) is 19.6 Å². The zero-order valence-electron chi connectivity index (χ0n) is 18.1. The maximum absolute atomic E-state index is 13.6. The number of nitrogens with zero attached hydrogens (tertiary/aromatic N) is 4. The van der Waals surface area contributed by atoms with Gasteiger partial charge in [0.25, 0.3) is 5.91 Å². The number of benzene rings is 1. The third-order valence-electron chi connectivity index (χ3n) is 6.33. The van der Waals surface area contributed by atoms with E-state index in [2.05, 4.69) is 22.0 Å². The molecule has 4 rings (SSSR count). The second-order valence-corrected chi connectivity index (χ2v) is 8.29. The van der Waals surface area contributed by atoms with Crippen LogP contribution in [0.25, 0.3) is 0 Å². The number of ether oxygens (including phenoxy) is 1. The van der Waals surface area contributed by atoms with Crippen LogP contribution in [-0.2, 0) is 22.6 Å². The molecule has 1 spiro atoms. The summed E-state index contributed by atoms with van der Waals surface area (Å²) in [4.78, 5) is 36.8. The van der Waals surface area contributed by atoms with E-state index >= 15 is 0 Å². The molecule has 7 nitrogen and oxygen atoms in total. The smallest absolute Gasteiger partial charge is 0.328 e. The van der Waals surface area contributed by atoms with Gasteiger partial charge in [-0.15, -0.1) is 0 Å². The first-order valence-corrected chi connectivity index (χ1v) is 10.9. The summed E-state index contributed by atoms with van der Waals surface area (Å²) in [6, 6.07) is 15.7. The number of aromatic nitrogens is 1. The Balaban J connectivity index is 1.50. The van der Waals surface area contributed by atoms with Crippen LogP contribution in [0.1, 0.15) is 30.5 Å². The van der Waals surface area contributed by atoms with Gasteiger partial charge >= 0.3 is 6.03 Å². The summed E-state index contributed by atoms with van der Waals surface area (Å²) in [6.07, 6.45) is 3.70. The molecule has 0 unspecified atom stereocenters. The van der Waals surface area contributed by atoms with E-state index < -0.39 is 5.54 Å². The molecule has 0 radical (unpaired) electrons. The summed E-state index contributed by atoms with van der Waals surface area (Å²) in [5.74, 6) is -0.0834. The summed E-state index contributed by atoms with van der Waals surface area (Å²) in [5.41, 5.74) is 1.23. The fourth-order valence-electron chi connectivity index (χ4n) is 4.66. The van der Waals surface area contributed by atoms with Crippen molar-refractivity contribution in [2.24, 2.45) is 0 Å². The number of urea groups is 1. The number of methoxy groups -OCH3 is 1. The van der Waals surface area contributed by atoms with E-state index in [4.69, 9.17) is 4.74 Å². The van der Waals surface area contributed by atoms with Crippen molar-refractivity contribution >= 4 is 11.9 Å². The first kappa shape index (κ1) is 21.5. The van der Waals surface area contributed by atoms with Crippen molar-refractivity contribution in [3.63, 3.8) is 0 Å². The molecule has 1 aromatic carbocycles. The van der Waals surface area contributed by atoms with Crippen molar-refractivity contribution in [3.05, 3.63) is 66.0 Å². The molecule has 0 N–H and O–H groups in total. The van der Waals surface area contributed by atoms with Crippen LogP contribution < -0.4 is 0 Å². The summed E-state index contributed by atoms with van der Waals surface area (Å²) < 4.78 is 5.19. The largest absolute Gasteiger partial charge is 0.385 e. The highest BCUT2D eigenvalue weighted by atomic mass is 16.5. The van der Waals surface area contributed by atoms with Crippen LogP contribution in [0, 0.1) is 0 Å². The van der Waals surface area contributed by atoms with E-state index in [-0.39, 0.29) is 18.5 Å². The molecule has 31 heavy (non-hydrogen) atoms. The van der Waals surface area contributed by atoms with Crippen molar-refractivity contribution in [2.75, 3.05) is 33.4 Å². The summed E-state index contributed by atoms with van der Waals surface area (Å²) in [6.45, 7) is 3.73. The number of carbonyl (C=O) groups is 2. The molecular formula is C24H30N4O3. The minimum atomic E-state index is -0.757. The molecule has 3 heterocycles. The van der Waals surface area contributed by atoms with Gasteiger partial charge in [0.2, 0.25) is 0 Å². The molecule has 1 aromatic heterocycles. The standard InChI is InChI=1S/C24H30N4O3/c1-31-17-7-14-28-23(30)27(19-21-10-5-6-13-25-21)22(29)24(28)11-15-26(16-12-24)18-20-8-3-2-4-9-20/h2-6,8-10,13H,7,11-12,14-19H2,1H3. The number of hydrogen-bond acceptors (Lipinski definition) is 5. The van der Waals surface area contributed by atoms with Crippen molar-refractivity contribution in [1.29, 1.82) is 0 Å². The molecule has 0 saturated carbocycles. The Labute approximate surface area is 183 Å². The average Bonchev–Trinajstić information content (AvgIpc) is 2.99. The van der Waals surface area contributed by atoms with E-state index in [1.807, 2.05) is 36.4 Å². The van der Waals surface area contributed by atoms with Gasteiger partial charge in [0.05, 0.1) is 12.2 Å². The lowest BCUT2D eigenvalue weighted by Gasteiger charge is -2.42. The fraction of sp³-hybridized carbons (Fsp3) is 0.458. The number of piperidine rings is 1. The van der Waals surface area contributed by atoms with Crippen LogP contribution in [0.5, 0.6) is 0 Å². The number of likely N-dealkylation sites (tertiary alicyclic amines) is 1. The normalized spacial score (nSPS) is 18.9. The number of imide groups is 1. The average molecular weight is 423 g/mol. The zero-order chi connectivity index (χ0) is 21.7. The van der Waals surface area contributed by atoms with Crippen molar-refractivity contribution in [2.45, 2.75) is 37.9 Å². The molecule has 2 aliphatic rings. The number of carbonyl (C=O) groups excluding carboxylic acids is 2. The quantitative estimate of drug-likeness (QED) is 0.483. The Kier molecular flexibility index (Phi) is 6.63. The van der Waals surface area contributed by atoms with E-state index in [9.17, 15) is 9.59 Å². The molecule has 164 valence electrons. The number of amides is 3. The molecule has 3 amide bonds.